The summed E-state index contributed by atoms with van der Waals surface area (Å²) >= 11 is 0. The third-order valence-electron chi connectivity index (χ3n) is 2.47. The van der Waals surface area contributed by atoms with Gasteiger partial charge in [-0.1, -0.05) is 0 Å². The van der Waals surface area contributed by atoms with Gasteiger partial charge in [-0.25, -0.2) is 9.18 Å². The maximum atomic E-state index is 12.7. The van der Waals surface area contributed by atoms with Crippen LogP contribution < -0.4 is 16.2 Å². The van der Waals surface area contributed by atoms with Gasteiger partial charge in [0.25, 0.3) is 5.91 Å². The first-order valence-electron chi connectivity index (χ1n) is 6.05. The van der Waals surface area contributed by atoms with E-state index in [9.17, 15) is 18.8 Å². The molecule has 1 aromatic rings. The largest absolute Gasteiger partial charge is 0.465 e. The molecule has 0 unspecified atom stereocenters. The lowest BCUT2D eigenvalue weighted by molar-refractivity contribution is -0.123. The maximum absolute atomic E-state index is 12.7. The van der Waals surface area contributed by atoms with Gasteiger partial charge in [0, 0.05) is 11.1 Å². The molecular formula is C13H16FN3O4. The minimum Gasteiger partial charge on any atom is -0.465 e. The summed E-state index contributed by atoms with van der Waals surface area (Å²) in [7, 11) is 0. The Morgan fingerprint density at radius 2 is 1.71 bits per heavy atom. The highest BCUT2D eigenvalue weighted by Crippen LogP contribution is 2.07. The third-order valence-corrected chi connectivity index (χ3v) is 2.47. The van der Waals surface area contributed by atoms with Crippen LogP contribution in [0.15, 0.2) is 24.3 Å². The van der Waals surface area contributed by atoms with E-state index in [1.54, 1.807) is 0 Å². The first kappa shape index (κ1) is 16.4. The number of nitrogens with one attached hydrogen (secondary N) is 3. The smallest absolute Gasteiger partial charge is 0.405 e. The molecule has 0 fully saturated rings. The Hall–Kier alpha value is -2.64. The van der Waals surface area contributed by atoms with E-state index in [4.69, 9.17) is 5.11 Å². The summed E-state index contributed by atoms with van der Waals surface area (Å²) in [5.74, 6) is -1.64. The number of hydrogen-bond acceptors (Lipinski definition) is 3. The van der Waals surface area contributed by atoms with Gasteiger partial charge in [-0.05, 0) is 38.1 Å². The zero-order valence-electron chi connectivity index (χ0n) is 11.6. The Labute approximate surface area is 120 Å². The fraction of sp³-hybridized carbons (Fsp3) is 0.308. The summed E-state index contributed by atoms with van der Waals surface area (Å²) in [6.45, 7) is 3.06. The van der Waals surface area contributed by atoms with Crippen LogP contribution >= 0.6 is 0 Å². The number of benzene rings is 1. The number of rotatable bonds is 4. The summed E-state index contributed by atoms with van der Waals surface area (Å²) < 4.78 is 12.7. The van der Waals surface area contributed by atoms with Gasteiger partial charge < -0.3 is 10.4 Å². The molecule has 0 aliphatic heterocycles. The Morgan fingerprint density at radius 3 is 2.24 bits per heavy atom. The van der Waals surface area contributed by atoms with Gasteiger partial charge in [-0.2, -0.15) is 0 Å². The van der Waals surface area contributed by atoms with Crippen LogP contribution in [0.1, 0.15) is 30.6 Å². The fourth-order valence-electron chi connectivity index (χ4n) is 1.58. The van der Waals surface area contributed by atoms with Crippen molar-refractivity contribution in [2.75, 3.05) is 0 Å². The summed E-state index contributed by atoms with van der Waals surface area (Å²) in [4.78, 5) is 33.8. The number of carbonyl (C=O) groups is 3. The van der Waals surface area contributed by atoms with Crippen molar-refractivity contribution in [2.45, 2.75) is 25.8 Å². The number of amides is 3. The van der Waals surface area contributed by atoms with Crippen LogP contribution in [0.5, 0.6) is 0 Å². The molecule has 1 aromatic carbocycles. The van der Waals surface area contributed by atoms with Gasteiger partial charge in [0.05, 0.1) is 6.42 Å². The first-order valence-corrected chi connectivity index (χ1v) is 6.05. The molecule has 0 saturated carbocycles. The second kappa shape index (κ2) is 6.69. The molecule has 0 atom stereocenters. The molecule has 0 saturated heterocycles. The average Bonchev–Trinajstić information content (AvgIpc) is 2.34. The normalized spacial score (nSPS) is 10.6. The van der Waals surface area contributed by atoms with Gasteiger partial charge in [-0.3, -0.25) is 20.4 Å². The van der Waals surface area contributed by atoms with Crippen molar-refractivity contribution in [1.82, 2.24) is 16.2 Å². The van der Waals surface area contributed by atoms with E-state index in [2.05, 4.69) is 16.2 Å². The summed E-state index contributed by atoms with van der Waals surface area (Å²) in [6, 6.07) is 4.78. The van der Waals surface area contributed by atoms with Gasteiger partial charge in [0.1, 0.15) is 5.82 Å². The highest BCUT2D eigenvalue weighted by molar-refractivity contribution is 5.95. The minimum absolute atomic E-state index is 0.164. The summed E-state index contributed by atoms with van der Waals surface area (Å²) in [6.07, 6.45) is -1.41. The summed E-state index contributed by atoms with van der Waals surface area (Å²) in [5, 5.41) is 10.8. The average molecular weight is 297 g/mol. The van der Waals surface area contributed by atoms with Crippen molar-refractivity contribution >= 4 is 17.9 Å². The molecule has 21 heavy (non-hydrogen) atoms. The number of hydrazine groups is 1. The molecule has 1 rings (SSSR count). The van der Waals surface area contributed by atoms with Gasteiger partial charge in [0.15, 0.2) is 0 Å². The van der Waals surface area contributed by atoms with Crippen LogP contribution in [0.25, 0.3) is 0 Å². The topological polar surface area (TPSA) is 108 Å². The van der Waals surface area contributed by atoms with E-state index in [0.29, 0.717) is 0 Å². The molecule has 114 valence electrons. The van der Waals surface area contributed by atoms with Crippen molar-refractivity contribution in [3.8, 4) is 0 Å². The van der Waals surface area contributed by atoms with Gasteiger partial charge in [0.2, 0.25) is 5.91 Å². The van der Waals surface area contributed by atoms with Crippen molar-refractivity contribution in [2.24, 2.45) is 0 Å². The van der Waals surface area contributed by atoms with E-state index in [0.717, 1.165) is 12.1 Å². The van der Waals surface area contributed by atoms with Crippen LogP contribution in [0.3, 0.4) is 0 Å². The molecular weight excluding hydrogens is 281 g/mol. The predicted octanol–water partition coefficient (Wildman–Crippen LogP) is 1.02. The van der Waals surface area contributed by atoms with Gasteiger partial charge in [-0.15, -0.1) is 0 Å². The van der Waals surface area contributed by atoms with Crippen LogP contribution in [-0.4, -0.2) is 28.6 Å². The molecule has 0 aliphatic rings. The predicted molar refractivity (Wildman–Crippen MR) is 71.9 cm³/mol. The lowest BCUT2D eigenvalue weighted by Crippen LogP contribution is -2.49. The quantitative estimate of drug-likeness (QED) is 0.622. The molecule has 3 amide bonds. The van der Waals surface area contributed by atoms with Crippen molar-refractivity contribution in [1.29, 1.82) is 0 Å². The van der Waals surface area contributed by atoms with Gasteiger partial charge >= 0.3 is 6.09 Å². The Kier molecular flexibility index (Phi) is 5.23. The number of carboxylic acid groups (broad SMARTS) is 1. The van der Waals surface area contributed by atoms with Crippen LogP contribution in [-0.2, 0) is 4.79 Å². The fourth-order valence-corrected chi connectivity index (χ4v) is 1.58. The van der Waals surface area contributed by atoms with Crippen LogP contribution in [0.4, 0.5) is 9.18 Å². The first-order chi connectivity index (χ1) is 9.69. The molecule has 4 N–H and O–H groups in total. The molecule has 0 radical (unpaired) electrons. The second-order valence-corrected chi connectivity index (χ2v) is 5.00. The molecule has 7 nitrogen and oxygen atoms in total. The minimum atomic E-state index is -1.25. The van der Waals surface area contributed by atoms with E-state index >= 15 is 0 Å². The molecule has 8 heteroatoms. The van der Waals surface area contributed by atoms with E-state index in [-0.39, 0.29) is 12.0 Å². The number of carbonyl (C=O) groups excluding carboxylic acids is 2. The lowest BCUT2D eigenvalue weighted by Gasteiger charge is -2.23. The van der Waals surface area contributed by atoms with Crippen molar-refractivity contribution in [3.05, 3.63) is 35.6 Å². The number of halogens is 1. The molecule has 0 aromatic heterocycles. The Balaban J connectivity index is 2.47. The zero-order chi connectivity index (χ0) is 16.0. The van der Waals surface area contributed by atoms with E-state index in [1.165, 1.54) is 26.0 Å². The molecule has 0 bridgehead atoms. The lowest BCUT2D eigenvalue weighted by atomic mass is 10.0. The van der Waals surface area contributed by atoms with Crippen molar-refractivity contribution < 1.29 is 23.9 Å². The molecule has 0 spiro atoms. The van der Waals surface area contributed by atoms with Crippen molar-refractivity contribution in [3.63, 3.8) is 0 Å². The SMILES string of the molecule is CC(C)(CC(=O)NNC(=O)c1ccc(F)cc1)NC(=O)O. The highest BCUT2D eigenvalue weighted by Gasteiger charge is 2.24. The number of hydrogen-bond donors (Lipinski definition) is 4. The monoisotopic (exact) mass is 297 g/mol. The molecule has 0 aliphatic carbocycles. The zero-order valence-corrected chi connectivity index (χ0v) is 11.6. The molecule has 0 heterocycles. The van der Waals surface area contributed by atoms with Crippen LogP contribution in [0.2, 0.25) is 0 Å². The summed E-state index contributed by atoms with van der Waals surface area (Å²) in [5.41, 5.74) is 3.52. The van der Waals surface area contributed by atoms with Crippen LogP contribution in [0, 0.1) is 5.82 Å². The van der Waals surface area contributed by atoms with E-state index in [1.807, 2.05) is 0 Å². The Bertz CT molecular complexity index is 543. The standard InChI is InChI=1S/C13H16FN3O4/c1-13(2,15-12(20)21)7-10(18)16-17-11(19)8-3-5-9(14)6-4-8/h3-6,15H,7H2,1-2H3,(H,16,18)(H,17,19)(H,20,21). The maximum Gasteiger partial charge on any atom is 0.405 e. The third kappa shape index (κ3) is 5.89. The highest BCUT2D eigenvalue weighted by atomic mass is 19.1. The Morgan fingerprint density at radius 1 is 1.14 bits per heavy atom. The second-order valence-electron chi connectivity index (χ2n) is 5.00. The van der Waals surface area contributed by atoms with E-state index < -0.39 is 29.3 Å².